The fourth-order valence-corrected chi connectivity index (χ4v) is 7.11. The number of hydrogen-bond acceptors (Lipinski definition) is 4. The molecule has 5 heteroatoms. The van der Waals surface area contributed by atoms with Gasteiger partial charge < -0.3 is 8.98 Å². The van der Waals surface area contributed by atoms with Crippen LogP contribution in [0, 0.1) is 0 Å². The molecule has 10 aromatic rings. The Labute approximate surface area is 287 Å². The van der Waals surface area contributed by atoms with Gasteiger partial charge in [-0.3, -0.25) is 0 Å². The van der Waals surface area contributed by atoms with Crippen molar-refractivity contribution in [1.29, 1.82) is 0 Å². The van der Waals surface area contributed by atoms with Crippen molar-refractivity contribution in [3.8, 4) is 51.0 Å². The molecular formula is C45H28N4O. The molecule has 0 bridgehead atoms. The van der Waals surface area contributed by atoms with Gasteiger partial charge in [-0.1, -0.05) is 133 Å². The summed E-state index contributed by atoms with van der Waals surface area (Å²) in [5.74, 6) is 1.91. The van der Waals surface area contributed by atoms with Crippen LogP contribution in [-0.2, 0) is 0 Å². The molecule has 7 aromatic carbocycles. The number of furan rings is 1. The van der Waals surface area contributed by atoms with Crippen LogP contribution in [0.3, 0.4) is 0 Å². The third-order valence-electron chi connectivity index (χ3n) is 9.46. The van der Waals surface area contributed by atoms with Gasteiger partial charge in [0, 0.05) is 43.8 Å². The first-order valence-corrected chi connectivity index (χ1v) is 16.7. The fraction of sp³-hybridized carbons (Fsp3) is 0. The van der Waals surface area contributed by atoms with Crippen LogP contribution in [0.4, 0.5) is 0 Å². The Hall–Kier alpha value is -6.85. The maximum atomic E-state index is 6.17. The van der Waals surface area contributed by atoms with Crippen molar-refractivity contribution in [2.75, 3.05) is 0 Å². The molecule has 3 aromatic heterocycles. The van der Waals surface area contributed by atoms with E-state index in [4.69, 9.17) is 19.4 Å². The lowest BCUT2D eigenvalue weighted by Crippen LogP contribution is -2.00. The van der Waals surface area contributed by atoms with Crippen LogP contribution in [0.5, 0.6) is 0 Å². The minimum absolute atomic E-state index is 0.627. The van der Waals surface area contributed by atoms with E-state index in [1.165, 1.54) is 5.39 Å². The van der Waals surface area contributed by atoms with E-state index in [1.54, 1.807) is 0 Å². The van der Waals surface area contributed by atoms with E-state index in [1.807, 2.05) is 72.8 Å². The molecule has 234 valence electrons. The number of aromatic nitrogens is 4. The molecule has 3 heterocycles. The van der Waals surface area contributed by atoms with Gasteiger partial charge >= 0.3 is 0 Å². The second-order valence-corrected chi connectivity index (χ2v) is 12.4. The Kier molecular flexibility index (Phi) is 6.42. The summed E-state index contributed by atoms with van der Waals surface area (Å²) >= 11 is 0. The molecule has 0 aliphatic heterocycles. The van der Waals surface area contributed by atoms with E-state index in [2.05, 4.69) is 102 Å². The number of rotatable bonds is 5. The SMILES string of the molecule is c1ccc(-c2nc(-c3ccccc3)nc(-c3ccc4c5ccccc5n(-c5ccccc5-c5ccc6oc7ccccc7c6c5)c4c3)n2)cc1. The lowest BCUT2D eigenvalue weighted by Gasteiger charge is -2.14. The second-order valence-electron chi connectivity index (χ2n) is 12.4. The molecule has 50 heavy (non-hydrogen) atoms. The summed E-state index contributed by atoms with van der Waals surface area (Å²) in [6.45, 7) is 0. The van der Waals surface area contributed by atoms with Crippen LogP contribution < -0.4 is 0 Å². The summed E-state index contributed by atoms with van der Waals surface area (Å²) in [6, 6.07) is 58.7. The Morgan fingerprint density at radius 1 is 0.360 bits per heavy atom. The van der Waals surface area contributed by atoms with Crippen LogP contribution in [0.25, 0.3) is 94.7 Å². The highest BCUT2D eigenvalue weighted by atomic mass is 16.3. The molecular weight excluding hydrogens is 613 g/mol. The Morgan fingerprint density at radius 3 is 1.68 bits per heavy atom. The molecule has 5 nitrogen and oxygen atoms in total. The standard InChI is InChI=1S/C45H28N4O/c1-3-13-29(14-4-1)43-46-44(30-15-5-2-6-16-30)48-45(47-43)32-23-25-35-34-18-8-11-21-39(34)49(40(35)28-32)38-20-10-7-17-33(38)31-24-26-42-37(27-31)36-19-9-12-22-41(36)50-42/h1-28H. The van der Waals surface area contributed by atoms with Crippen molar-refractivity contribution in [3.05, 3.63) is 170 Å². The molecule has 0 unspecified atom stereocenters. The summed E-state index contributed by atoms with van der Waals surface area (Å²) in [5.41, 5.74) is 10.1. The smallest absolute Gasteiger partial charge is 0.164 e. The average Bonchev–Trinajstić information content (AvgIpc) is 3.73. The highest BCUT2D eigenvalue weighted by Crippen LogP contribution is 2.39. The first kappa shape index (κ1) is 28.2. The van der Waals surface area contributed by atoms with Crippen LogP contribution in [0.15, 0.2) is 174 Å². The Balaban J connectivity index is 1.20. The van der Waals surface area contributed by atoms with Gasteiger partial charge in [-0.05, 0) is 42.0 Å². The number of benzene rings is 7. The zero-order valence-corrected chi connectivity index (χ0v) is 26.9. The minimum atomic E-state index is 0.627. The van der Waals surface area contributed by atoms with E-state index in [-0.39, 0.29) is 0 Å². The molecule has 10 rings (SSSR count). The van der Waals surface area contributed by atoms with Gasteiger partial charge in [0.1, 0.15) is 11.2 Å². The topological polar surface area (TPSA) is 56.7 Å². The molecule has 0 spiro atoms. The van der Waals surface area contributed by atoms with Gasteiger partial charge in [-0.25, -0.2) is 15.0 Å². The van der Waals surface area contributed by atoms with Gasteiger partial charge in [-0.2, -0.15) is 0 Å². The summed E-state index contributed by atoms with van der Waals surface area (Å²) in [5, 5.41) is 4.57. The number of nitrogens with zero attached hydrogens (tertiary/aromatic N) is 4. The van der Waals surface area contributed by atoms with E-state index < -0.39 is 0 Å². The Morgan fingerprint density at radius 2 is 0.920 bits per heavy atom. The van der Waals surface area contributed by atoms with Crippen LogP contribution >= 0.6 is 0 Å². The lowest BCUT2D eigenvalue weighted by molar-refractivity contribution is 0.669. The van der Waals surface area contributed by atoms with Gasteiger partial charge in [0.05, 0.1) is 16.7 Å². The van der Waals surface area contributed by atoms with Gasteiger partial charge in [0.2, 0.25) is 0 Å². The second kappa shape index (κ2) is 11.4. The Bertz CT molecular complexity index is 2810. The van der Waals surface area contributed by atoms with Gasteiger partial charge in [0.25, 0.3) is 0 Å². The quantitative estimate of drug-likeness (QED) is 0.188. The fourth-order valence-electron chi connectivity index (χ4n) is 7.11. The van der Waals surface area contributed by atoms with E-state index in [0.29, 0.717) is 17.5 Å². The maximum absolute atomic E-state index is 6.17. The van der Waals surface area contributed by atoms with Crippen LogP contribution in [0.2, 0.25) is 0 Å². The highest BCUT2D eigenvalue weighted by molar-refractivity contribution is 6.11. The average molecular weight is 641 g/mol. The van der Waals surface area contributed by atoms with Crippen molar-refractivity contribution < 1.29 is 4.42 Å². The van der Waals surface area contributed by atoms with E-state index in [0.717, 1.165) is 71.9 Å². The van der Waals surface area contributed by atoms with E-state index >= 15 is 0 Å². The van der Waals surface area contributed by atoms with Crippen molar-refractivity contribution >= 4 is 43.7 Å². The zero-order valence-electron chi connectivity index (χ0n) is 26.9. The number of para-hydroxylation sites is 3. The summed E-state index contributed by atoms with van der Waals surface area (Å²) in [7, 11) is 0. The molecule has 0 saturated heterocycles. The lowest BCUT2D eigenvalue weighted by atomic mass is 10.0. The normalized spacial score (nSPS) is 11.6. The molecule has 0 aliphatic rings. The summed E-state index contributed by atoms with van der Waals surface area (Å²) in [6.07, 6.45) is 0. The molecule has 0 fully saturated rings. The summed E-state index contributed by atoms with van der Waals surface area (Å²) < 4.78 is 8.54. The van der Waals surface area contributed by atoms with Crippen LogP contribution in [-0.4, -0.2) is 19.5 Å². The third-order valence-corrected chi connectivity index (χ3v) is 9.46. The largest absolute Gasteiger partial charge is 0.456 e. The first-order chi connectivity index (χ1) is 24.8. The zero-order chi connectivity index (χ0) is 33.0. The molecule has 0 atom stereocenters. The maximum Gasteiger partial charge on any atom is 0.164 e. The predicted octanol–water partition coefficient (Wildman–Crippen LogP) is 11.5. The highest BCUT2D eigenvalue weighted by Gasteiger charge is 2.19. The van der Waals surface area contributed by atoms with Crippen molar-refractivity contribution in [3.63, 3.8) is 0 Å². The third kappa shape index (κ3) is 4.60. The van der Waals surface area contributed by atoms with Crippen molar-refractivity contribution in [2.24, 2.45) is 0 Å². The van der Waals surface area contributed by atoms with E-state index in [9.17, 15) is 0 Å². The number of hydrogen-bond donors (Lipinski definition) is 0. The molecule has 0 N–H and O–H groups in total. The minimum Gasteiger partial charge on any atom is -0.456 e. The summed E-state index contributed by atoms with van der Waals surface area (Å²) in [4.78, 5) is 15.0. The first-order valence-electron chi connectivity index (χ1n) is 16.7. The molecule has 0 aliphatic carbocycles. The molecule has 0 saturated carbocycles. The van der Waals surface area contributed by atoms with Crippen molar-refractivity contribution in [1.82, 2.24) is 19.5 Å². The molecule has 0 amide bonds. The monoisotopic (exact) mass is 640 g/mol. The van der Waals surface area contributed by atoms with Crippen LogP contribution in [0.1, 0.15) is 0 Å². The van der Waals surface area contributed by atoms with Gasteiger partial charge in [0.15, 0.2) is 17.5 Å². The molecule has 0 radical (unpaired) electrons. The number of fused-ring (bicyclic) bond motifs is 6. The predicted molar refractivity (Wildman–Crippen MR) is 203 cm³/mol. The van der Waals surface area contributed by atoms with Crippen molar-refractivity contribution in [2.45, 2.75) is 0 Å². The van der Waals surface area contributed by atoms with Gasteiger partial charge in [-0.15, -0.1) is 0 Å².